The van der Waals surface area contributed by atoms with E-state index in [1.54, 1.807) is 4.90 Å². The molecule has 1 aromatic carbocycles. The van der Waals surface area contributed by atoms with E-state index >= 15 is 0 Å². The molecule has 0 saturated heterocycles. The zero-order valence-electron chi connectivity index (χ0n) is 10.4. The maximum Gasteiger partial charge on any atom is 0.264 e. The Balaban J connectivity index is 2.02. The number of likely N-dealkylation sites (N-methyl/N-ethyl adjacent to an activating group) is 1. The van der Waals surface area contributed by atoms with E-state index in [2.05, 4.69) is 6.07 Å². The first-order valence-electron chi connectivity index (χ1n) is 6.16. The summed E-state index contributed by atoms with van der Waals surface area (Å²) in [5.41, 5.74) is 1.08. The Kier molecular flexibility index (Phi) is 3.83. The molecule has 1 heterocycles. The molecule has 0 fully saturated rings. The predicted molar refractivity (Wildman–Crippen MR) is 67.0 cm³/mol. The molecule has 1 aliphatic rings. The number of rotatable bonds is 4. The summed E-state index contributed by atoms with van der Waals surface area (Å²) in [4.78, 5) is 13.9. The first kappa shape index (κ1) is 12.4. The number of para-hydroxylation sites is 1. The Morgan fingerprint density at radius 2 is 2.33 bits per heavy atom. The van der Waals surface area contributed by atoms with Crippen LogP contribution < -0.4 is 4.74 Å². The molecule has 0 N–H and O–H groups in total. The number of hydrogen-bond acceptors (Lipinski definition) is 3. The van der Waals surface area contributed by atoms with Crippen molar-refractivity contribution in [1.82, 2.24) is 4.90 Å². The van der Waals surface area contributed by atoms with E-state index in [1.807, 2.05) is 31.2 Å². The van der Waals surface area contributed by atoms with Crippen LogP contribution in [0.4, 0.5) is 0 Å². The van der Waals surface area contributed by atoms with Crippen LogP contribution in [-0.4, -0.2) is 30.0 Å². The van der Waals surface area contributed by atoms with Crippen LogP contribution in [0.5, 0.6) is 5.75 Å². The van der Waals surface area contributed by atoms with Gasteiger partial charge in [0.15, 0.2) is 6.10 Å². The molecular weight excluding hydrogens is 228 g/mol. The fourth-order valence-electron chi connectivity index (χ4n) is 2.13. The third-order valence-corrected chi connectivity index (χ3v) is 3.11. The van der Waals surface area contributed by atoms with E-state index in [0.717, 1.165) is 11.3 Å². The van der Waals surface area contributed by atoms with Crippen LogP contribution in [0.3, 0.4) is 0 Å². The predicted octanol–water partition coefficient (Wildman–Crippen LogP) is 1.75. The summed E-state index contributed by atoms with van der Waals surface area (Å²) in [6.45, 7) is 3.00. The van der Waals surface area contributed by atoms with Crippen LogP contribution in [0, 0.1) is 11.3 Å². The lowest BCUT2D eigenvalue weighted by Gasteiger charge is -2.22. The summed E-state index contributed by atoms with van der Waals surface area (Å²) in [6.07, 6.45) is 0.554. The number of fused-ring (bicyclic) bond motifs is 1. The molecule has 0 aliphatic carbocycles. The maximum absolute atomic E-state index is 12.2. The van der Waals surface area contributed by atoms with Crippen LogP contribution >= 0.6 is 0 Å². The second-order valence-corrected chi connectivity index (χ2v) is 4.24. The van der Waals surface area contributed by atoms with Crippen molar-refractivity contribution in [2.24, 2.45) is 0 Å². The SMILES string of the molecule is CCN(CCC#N)C(=O)C1Cc2ccccc2O1. The fourth-order valence-corrected chi connectivity index (χ4v) is 2.13. The molecule has 18 heavy (non-hydrogen) atoms. The summed E-state index contributed by atoms with van der Waals surface area (Å²) in [7, 11) is 0. The molecule has 1 amide bonds. The minimum Gasteiger partial charge on any atom is -0.480 e. The number of nitrogens with zero attached hydrogens (tertiary/aromatic N) is 2. The van der Waals surface area contributed by atoms with Gasteiger partial charge in [-0.3, -0.25) is 4.79 Å². The number of carbonyl (C=O) groups excluding carboxylic acids is 1. The van der Waals surface area contributed by atoms with Gasteiger partial charge in [0.2, 0.25) is 0 Å². The molecular formula is C14H16N2O2. The molecule has 0 bridgehead atoms. The van der Waals surface area contributed by atoms with E-state index in [4.69, 9.17) is 10.00 Å². The number of hydrogen-bond donors (Lipinski definition) is 0. The standard InChI is InChI=1S/C14H16N2O2/c1-2-16(9-5-8-15)14(17)13-10-11-6-3-4-7-12(11)18-13/h3-4,6-7,13H,2,5,9-10H2,1H3. The highest BCUT2D eigenvalue weighted by molar-refractivity contribution is 5.82. The van der Waals surface area contributed by atoms with Crippen molar-refractivity contribution in [3.63, 3.8) is 0 Å². The lowest BCUT2D eigenvalue weighted by Crippen LogP contribution is -2.41. The average Bonchev–Trinajstić information content (AvgIpc) is 2.83. The lowest BCUT2D eigenvalue weighted by atomic mass is 10.1. The van der Waals surface area contributed by atoms with E-state index in [-0.39, 0.29) is 5.91 Å². The van der Waals surface area contributed by atoms with Crippen molar-refractivity contribution in [2.75, 3.05) is 13.1 Å². The first-order chi connectivity index (χ1) is 8.76. The third kappa shape index (κ3) is 2.45. The Morgan fingerprint density at radius 3 is 3.00 bits per heavy atom. The highest BCUT2D eigenvalue weighted by Gasteiger charge is 2.31. The van der Waals surface area contributed by atoms with Crippen LogP contribution in [0.25, 0.3) is 0 Å². The molecule has 0 spiro atoms. The van der Waals surface area contributed by atoms with Crippen molar-refractivity contribution in [3.8, 4) is 11.8 Å². The van der Waals surface area contributed by atoms with Gasteiger partial charge in [-0.25, -0.2) is 0 Å². The highest BCUT2D eigenvalue weighted by Crippen LogP contribution is 2.28. The van der Waals surface area contributed by atoms with E-state index in [9.17, 15) is 4.79 Å². The second-order valence-electron chi connectivity index (χ2n) is 4.24. The monoisotopic (exact) mass is 244 g/mol. The number of nitriles is 1. The van der Waals surface area contributed by atoms with Gasteiger partial charge in [0.1, 0.15) is 5.75 Å². The molecule has 1 aromatic rings. The Morgan fingerprint density at radius 1 is 1.56 bits per heavy atom. The summed E-state index contributed by atoms with van der Waals surface area (Å²) < 4.78 is 5.66. The smallest absolute Gasteiger partial charge is 0.264 e. The quantitative estimate of drug-likeness (QED) is 0.810. The molecule has 2 rings (SSSR count). The van der Waals surface area contributed by atoms with Crippen molar-refractivity contribution in [3.05, 3.63) is 29.8 Å². The maximum atomic E-state index is 12.2. The number of benzene rings is 1. The van der Waals surface area contributed by atoms with Crippen LogP contribution in [0.1, 0.15) is 18.9 Å². The van der Waals surface area contributed by atoms with Gasteiger partial charge in [-0.2, -0.15) is 5.26 Å². The molecule has 4 nitrogen and oxygen atoms in total. The normalized spacial score (nSPS) is 16.6. The van der Waals surface area contributed by atoms with Crippen molar-refractivity contribution in [1.29, 1.82) is 5.26 Å². The van der Waals surface area contributed by atoms with Crippen LogP contribution in [-0.2, 0) is 11.2 Å². The molecule has 4 heteroatoms. The minimum atomic E-state index is -0.430. The molecule has 0 saturated carbocycles. The largest absolute Gasteiger partial charge is 0.480 e. The zero-order chi connectivity index (χ0) is 13.0. The van der Waals surface area contributed by atoms with Crippen LogP contribution in [0.2, 0.25) is 0 Å². The van der Waals surface area contributed by atoms with Gasteiger partial charge in [-0.15, -0.1) is 0 Å². The number of carbonyl (C=O) groups is 1. The van der Waals surface area contributed by atoms with E-state index in [0.29, 0.717) is 25.9 Å². The molecule has 1 atom stereocenters. The van der Waals surface area contributed by atoms with Gasteiger partial charge in [-0.05, 0) is 18.6 Å². The van der Waals surface area contributed by atoms with Gasteiger partial charge in [0, 0.05) is 19.5 Å². The minimum absolute atomic E-state index is 0.0241. The van der Waals surface area contributed by atoms with Gasteiger partial charge in [0.25, 0.3) is 5.91 Å². The molecule has 0 aromatic heterocycles. The van der Waals surface area contributed by atoms with E-state index in [1.165, 1.54) is 0 Å². The van der Waals surface area contributed by atoms with Crippen molar-refractivity contribution < 1.29 is 9.53 Å². The number of amides is 1. The molecule has 1 unspecified atom stereocenters. The summed E-state index contributed by atoms with van der Waals surface area (Å²) in [6, 6.07) is 9.77. The van der Waals surface area contributed by atoms with Crippen molar-refractivity contribution >= 4 is 5.91 Å². The van der Waals surface area contributed by atoms with Gasteiger partial charge in [-0.1, -0.05) is 18.2 Å². The first-order valence-corrected chi connectivity index (χ1v) is 6.16. The topological polar surface area (TPSA) is 53.3 Å². The molecule has 0 radical (unpaired) electrons. The highest BCUT2D eigenvalue weighted by atomic mass is 16.5. The fraction of sp³-hybridized carbons (Fsp3) is 0.429. The van der Waals surface area contributed by atoms with Gasteiger partial charge >= 0.3 is 0 Å². The van der Waals surface area contributed by atoms with E-state index < -0.39 is 6.10 Å². The Bertz CT molecular complexity index is 454. The summed E-state index contributed by atoms with van der Waals surface area (Å²) in [5.74, 6) is 0.774. The molecule has 94 valence electrons. The lowest BCUT2D eigenvalue weighted by molar-refractivity contribution is -0.137. The van der Waals surface area contributed by atoms with Crippen molar-refractivity contribution in [2.45, 2.75) is 25.9 Å². The Labute approximate surface area is 107 Å². The zero-order valence-corrected chi connectivity index (χ0v) is 10.4. The average molecular weight is 244 g/mol. The Hall–Kier alpha value is -2.02. The number of ether oxygens (including phenoxy) is 1. The summed E-state index contributed by atoms with van der Waals surface area (Å²) >= 11 is 0. The third-order valence-electron chi connectivity index (χ3n) is 3.11. The summed E-state index contributed by atoms with van der Waals surface area (Å²) in [5, 5.41) is 8.58. The van der Waals surface area contributed by atoms with Crippen LogP contribution in [0.15, 0.2) is 24.3 Å². The van der Waals surface area contributed by atoms with Gasteiger partial charge < -0.3 is 9.64 Å². The van der Waals surface area contributed by atoms with Gasteiger partial charge in [0.05, 0.1) is 12.5 Å². The molecule has 1 aliphatic heterocycles. The second kappa shape index (κ2) is 5.54.